The number of carbonyl (C=O) groups is 1. The van der Waals surface area contributed by atoms with Crippen LogP contribution in [-0.2, 0) is 4.79 Å². The second-order valence-corrected chi connectivity index (χ2v) is 7.32. The standard InChI is InChI=1S/C22H19N5O2S/c1-29-19-5-2-4-17(14-19)24-21(28)15-30-22-11-10-20(25-26-22)16-6-8-18(9-7-16)27-13-3-12-23-27/h2-14H,15H2,1H3,(H,24,28). The molecule has 2 aromatic heterocycles. The molecule has 0 radical (unpaired) electrons. The van der Waals surface area contributed by atoms with Gasteiger partial charge in [0.15, 0.2) is 0 Å². The summed E-state index contributed by atoms with van der Waals surface area (Å²) in [7, 11) is 1.59. The number of aromatic nitrogens is 4. The van der Waals surface area contributed by atoms with Gasteiger partial charge in [0.1, 0.15) is 10.8 Å². The Morgan fingerprint density at radius 3 is 2.63 bits per heavy atom. The summed E-state index contributed by atoms with van der Waals surface area (Å²) in [6.45, 7) is 0. The summed E-state index contributed by atoms with van der Waals surface area (Å²) in [6.07, 6.45) is 3.64. The molecule has 0 atom stereocenters. The highest BCUT2D eigenvalue weighted by Crippen LogP contribution is 2.22. The van der Waals surface area contributed by atoms with Gasteiger partial charge in [-0.1, -0.05) is 30.0 Å². The molecule has 1 N–H and O–H groups in total. The molecule has 0 saturated carbocycles. The van der Waals surface area contributed by atoms with Crippen LogP contribution in [0.15, 0.2) is 84.1 Å². The van der Waals surface area contributed by atoms with Crippen LogP contribution in [0.25, 0.3) is 16.9 Å². The summed E-state index contributed by atoms with van der Waals surface area (Å²) in [5, 5.41) is 16.3. The number of amides is 1. The lowest BCUT2D eigenvalue weighted by atomic mass is 10.1. The van der Waals surface area contributed by atoms with Crippen molar-refractivity contribution in [3.8, 4) is 22.7 Å². The second-order valence-electron chi connectivity index (χ2n) is 6.32. The normalized spacial score (nSPS) is 10.6. The molecule has 7 nitrogen and oxygen atoms in total. The number of ether oxygens (including phenoxy) is 1. The van der Waals surface area contributed by atoms with Gasteiger partial charge in [0.25, 0.3) is 0 Å². The molecule has 0 fully saturated rings. The average molecular weight is 417 g/mol. The third kappa shape index (κ3) is 4.84. The van der Waals surface area contributed by atoms with Crippen molar-refractivity contribution in [1.29, 1.82) is 0 Å². The molecular formula is C22H19N5O2S. The van der Waals surface area contributed by atoms with E-state index in [0.29, 0.717) is 16.5 Å². The van der Waals surface area contributed by atoms with Crippen molar-refractivity contribution < 1.29 is 9.53 Å². The van der Waals surface area contributed by atoms with E-state index in [4.69, 9.17) is 4.74 Å². The van der Waals surface area contributed by atoms with E-state index in [-0.39, 0.29) is 11.7 Å². The molecular weight excluding hydrogens is 398 g/mol. The van der Waals surface area contributed by atoms with Crippen molar-refractivity contribution in [2.45, 2.75) is 5.03 Å². The van der Waals surface area contributed by atoms with Crippen molar-refractivity contribution in [1.82, 2.24) is 20.0 Å². The fourth-order valence-corrected chi connectivity index (χ4v) is 3.41. The predicted octanol–water partition coefficient (Wildman–Crippen LogP) is 4.07. The Morgan fingerprint density at radius 2 is 1.93 bits per heavy atom. The van der Waals surface area contributed by atoms with Gasteiger partial charge in [-0.05, 0) is 42.5 Å². The molecule has 0 bridgehead atoms. The zero-order valence-electron chi connectivity index (χ0n) is 16.2. The number of nitrogens with zero attached hydrogens (tertiary/aromatic N) is 4. The van der Waals surface area contributed by atoms with E-state index in [1.807, 2.05) is 66.9 Å². The number of thioether (sulfide) groups is 1. The fraction of sp³-hybridized carbons (Fsp3) is 0.0909. The van der Waals surface area contributed by atoms with E-state index in [0.717, 1.165) is 16.9 Å². The number of methoxy groups -OCH3 is 1. The summed E-state index contributed by atoms with van der Waals surface area (Å²) >= 11 is 1.33. The fourth-order valence-electron chi connectivity index (χ4n) is 2.79. The summed E-state index contributed by atoms with van der Waals surface area (Å²) < 4.78 is 6.96. The second kappa shape index (κ2) is 9.23. The number of rotatable bonds is 7. The van der Waals surface area contributed by atoms with Crippen molar-refractivity contribution in [3.05, 3.63) is 79.1 Å². The Bertz CT molecular complexity index is 1110. The van der Waals surface area contributed by atoms with Crippen LogP contribution in [0.2, 0.25) is 0 Å². The highest BCUT2D eigenvalue weighted by molar-refractivity contribution is 7.99. The van der Waals surface area contributed by atoms with Crippen molar-refractivity contribution in [3.63, 3.8) is 0 Å². The molecule has 0 unspecified atom stereocenters. The summed E-state index contributed by atoms with van der Waals surface area (Å²) in [5.41, 5.74) is 3.41. The molecule has 2 aromatic carbocycles. The molecule has 2 heterocycles. The maximum Gasteiger partial charge on any atom is 0.234 e. The maximum absolute atomic E-state index is 12.2. The molecule has 150 valence electrons. The van der Waals surface area contributed by atoms with Crippen LogP contribution in [-0.4, -0.2) is 38.7 Å². The monoisotopic (exact) mass is 417 g/mol. The lowest BCUT2D eigenvalue weighted by Crippen LogP contribution is -2.14. The van der Waals surface area contributed by atoms with Gasteiger partial charge in [0.05, 0.1) is 24.2 Å². The molecule has 0 spiro atoms. The molecule has 8 heteroatoms. The Hall–Kier alpha value is -3.65. The number of nitrogens with one attached hydrogen (secondary N) is 1. The highest BCUT2D eigenvalue weighted by Gasteiger charge is 2.07. The Morgan fingerprint density at radius 1 is 1.07 bits per heavy atom. The van der Waals surface area contributed by atoms with Crippen molar-refractivity contribution >= 4 is 23.4 Å². The van der Waals surface area contributed by atoms with Gasteiger partial charge in [-0.3, -0.25) is 4.79 Å². The van der Waals surface area contributed by atoms with Crippen LogP contribution >= 0.6 is 11.8 Å². The smallest absolute Gasteiger partial charge is 0.234 e. The topological polar surface area (TPSA) is 81.9 Å². The third-order valence-electron chi connectivity index (χ3n) is 4.28. The SMILES string of the molecule is COc1cccc(NC(=O)CSc2ccc(-c3ccc(-n4cccn4)cc3)nn2)c1. The minimum atomic E-state index is -0.117. The van der Waals surface area contributed by atoms with Gasteiger partial charge in [-0.2, -0.15) is 5.10 Å². The molecule has 0 saturated heterocycles. The minimum Gasteiger partial charge on any atom is -0.497 e. The Balaban J connectivity index is 1.33. The Labute approximate surface area is 178 Å². The van der Waals surface area contributed by atoms with Crippen LogP contribution in [0, 0.1) is 0 Å². The predicted molar refractivity (Wildman–Crippen MR) is 117 cm³/mol. The zero-order chi connectivity index (χ0) is 20.8. The third-order valence-corrected chi connectivity index (χ3v) is 5.20. The van der Waals surface area contributed by atoms with E-state index < -0.39 is 0 Å². The minimum absolute atomic E-state index is 0.117. The van der Waals surface area contributed by atoms with Crippen molar-refractivity contribution in [2.24, 2.45) is 0 Å². The number of hydrogen-bond acceptors (Lipinski definition) is 6. The largest absolute Gasteiger partial charge is 0.497 e. The first kappa shape index (κ1) is 19.7. The molecule has 4 rings (SSSR count). The van der Waals surface area contributed by atoms with E-state index in [9.17, 15) is 4.79 Å². The van der Waals surface area contributed by atoms with Crippen LogP contribution in [0.3, 0.4) is 0 Å². The van der Waals surface area contributed by atoms with Crippen LogP contribution in [0.5, 0.6) is 5.75 Å². The number of benzene rings is 2. The average Bonchev–Trinajstić information content (AvgIpc) is 3.33. The quantitative estimate of drug-likeness (QED) is 0.457. The van der Waals surface area contributed by atoms with Gasteiger partial charge in [-0.25, -0.2) is 4.68 Å². The van der Waals surface area contributed by atoms with E-state index in [1.165, 1.54) is 11.8 Å². The molecule has 4 aromatic rings. The first-order chi connectivity index (χ1) is 14.7. The lowest BCUT2D eigenvalue weighted by molar-refractivity contribution is -0.113. The maximum atomic E-state index is 12.2. The van der Waals surface area contributed by atoms with E-state index in [2.05, 4.69) is 20.6 Å². The molecule has 1 amide bonds. The van der Waals surface area contributed by atoms with Gasteiger partial charge >= 0.3 is 0 Å². The summed E-state index contributed by atoms with van der Waals surface area (Å²) in [5.74, 6) is 0.817. The van der Waals surface area contributed by atoms with E-state index in [1.54, 1.807) is 24.1 Å². The van der Waals surface area contributed by atoms with Gasteiger partial charge in [0, 0.05) is 29.7 Å². The molecule has 0 aliphatic rings. The summed E-state index contributed by atoms with van der Waals surface area (Å²) in [4.78, 5) is 12.2. The first-order valence-electron chi connectivity index (χ1n) is 9.22. The molecule has 30 heavy (non-hydrogen) atoms. The van der Waals surface area contributed by atoms with Gasteiger partial charge < -0.3 is 10.1 Å². The lowest BCUT2D eigenvalue weighted by Gasteiger charge is -2.07. The highest BCUT2D eigenvalue weighted by atomic mass is 32.2. The van der Waals surface area contributed by atoms with Crippen LogP contribution in [0.4, 0.5) is 5.69 Å². The number of anilines is 1. The number of hydrogen-bond donors (Lipinski definition) is 1. The van der Waals surface area contributed by atoms with E-state index >= 15 is 0 Å². The summed E-state index contributed by atoms with van der Waals surface area (Å²) in [6, 6.07) is 20.8. The van der Waals surface area contributed by atoms with Gasteiger partial charge in [-0.15, -0.1) is 10.2 Å². The van der Waals surface area contributed by atoms with Crippen LogP contribution < -0.4 is 10.1 Å². The first-order valence-corrected chi connectivity index (χ1v) is 10.2. The van der Waals surface area contributed by atoms with Gasteiger partial charge in [0.2, 0.25) is 5.91 Å². The molecule has 0 aliphatic heterocycles. The van der Waals surface area contributed by atoms with Crippen LogP contribution in [0.1, 0.15) is 0 Å². The zero-order valence-corrected chi connectivity index (χ0v) is 17.0. The Kier molecular flexibility index (Phi) is 6.05. The number of carbonyl (C=O) groups excluding carboxylic acids is 1. The molecule has 0 aliphatic carbocycles. The van der Waals surface area contributed by atoms with Crippen molar-refractivity contribution in [2.75, 3.05) is 18.2 Å².